The molecule has 2 aromatic heterocycles. The first-order valence-corrected chi connectivity index (χ1v) is 17.5. The number of pyridine rings is 1. The molecule has 1 aliphatic rings. The fourth-order valence-electron chi connectivity index (χ4n) is 5.97. The number of benzene rings is 3. The molecular formula is C36H35F3N4O8S. The number of hydrogen-bond acceptors (Lipinski definition) is 9. The van der Waals surface area contributed by atoms with Gasteiger partial charge in [0, 0.05) is 30.3 Å². The normalized spacial score (nSPS) is 14.6. The third-order valence-corrected chi connectivity index (χ3v) is 10.2. The average Bonchev–Trinajstić information content (AvgIpc) is 3.39. The molecule has 0 saturated carbocycles. The smallest absolute Gasteiger partial charge is 0.420 e. The Morgan fingerprint density at radius 2 is 1.77 bits per heavy atom. The van der Waals surface area contributed by atoms with Gasteiger partial charge >= 0.3 is 11.8 Å². The minimum atomic E-state index is -4.86. The zero-order valence-corrected chi connectivity index (χ0v) is 29.7. The van der Waals surface area contributed by atoms with Crippen LogP contribution in [0.25, 0.3) is 11.1 Å². The average molecular weight is 741 g/mol. The van der Waals surface area contributed by atoms with Crippen molar-refractivity contribution in [2.45, 2.75) is 57.1 Å². The van der Waals surface area contributed by atoms with Crippen molar-refractivity contribution in [1.29, 1.82) is 0 Å². The third-order valence-electron chi connectivity index (χ3n) is 8.41. The van der Waals surface area contributed by atoms with Crippen molar-refractivity contribution >= 4 is 33.0 Å². The molecule has 5 aromatic rings. The van der Waals surface area contributed by atoms with Gasteiger partial charge in [0.2, 0.25) is 5.95 Å². The van der Waals surface area contributed by atoms with Crippen LogP contribution in [0.2, 0.25) is 0 Å². The predicted octanol–water partition coefficient (Wildman–Crippen LogP) is 6.49. The number of carbonyl (C=O) groups is 1. The SMILES string of the molecule is COc1ccc(CN(c2cccc(F)n2)S(=O)(=O)c2cc3oc(=O)n(Cc4cccc5c4CN(C(=O)OC(C)(C)C)CC5F)c3cc2F)c(OC)c1. The quantitative estimate of drug-likeness (QED) is 0.156. The summed E-state index contributed by atoms with van der Waals surface area (Å²) < 4.78 is 97.5. The van der Waals surface area contributed by atoms with E-state index in [2.05, 4.69) is 4.98 Å². The van der Waals surface area contributed by atoms with Crippen LogP contribution < -0.4 is 19.5 Å². The van der Waals surface area contributed by atoms with Crippen molar-refractivity contribution in [3.05, 3.63) is 111 Å². The lowest BCUT2D eigenvalue weighted by Crippen LogP contribution is -2.41. The minimum Gasteiger partial charge on any atom is -0.497 e. The van der Waals surface area contributed by atoms with Crippen molar-refractivity contribution in [3.8, 4) is 11.5 Å². The van der Waals surface area contributed by atoms with E-state index < -0.39 is 56.9 Å². The molecule has 3 aromatic carbocycles. The second kappa shape index (κ2) is 13.9. The van der Waals surface area contributed by atoms with Gasteiger partial charge in [0.1, 0.15) is 39.8 Å². The fraction of sp³-hybridized carbons (Fsp3) is 0.306. The maximum Gasteiger partial charge on any atom is 0.420 e. The summed E-state index contributed by atoms with van der Waals surface area (Å²) in [6.45, 7) is 4.18. The summed E-state index contributed by atoms with van der Waals surface area (Å²) in [4.78, 5) is 30.1. The van der Waals surface area contributed by atoms with Crippen LogP contribution in [0.4, 0.5) is 23.8 Å². The van der Waals surface area contributed by atoms with Crippen molar-refractivity contribution in [2.24, 2.45) is 0 Å². The Hall–Kier alpha value is -5.51. The van der Waals surface area contributed by atoms with E-state index in [-0.39, 0.29) is 42.3 Å². The fourth-order valence-corrected chi connectivity index (χ4v) is 7.42. The number of carbonyl (C=O) groups excluding carboxylic acids is 1. The van der Waals surface area contributed by atoms with Gasteiger partial charge in [-0.1, -0.05) is 24.3 Å². The first-order valence-electron chi connectivity index (χ1n) is 16.0. The second-order valence-corrected chi connectivity index (χ2v) is 14.9. The standard InChI is InChI=1S/C36H35F3N4O8S/c1-36(2,3)51-34(44)41-19-25-21(8-6-9-24(25)27(38)20-41)17-42-28-15-26(37)31(16-30(28)50-35(42)45)52(46,47)43(33-11-7-10-32(39)40-33)18-22-12-13-23(48-4)14-29(22)49-5/h6-16,27H,17-20H2,1-5H3. The summed E-state index contributed by atoms with van der Waals surface area (Å²) >= 11 is 0. The van der Waals surface area contributed by atoms with Gasteiger partial charge in [-0.3, -0.25) is 4.57 Å². The third kappa shape index (κ3) is 7.15. The van der Waals surface area contributed by atoms with Gasteiger partial charge in [-0.05, 0) is 61.7 Å². The number of ether oxygens (including phenoxy) is 3. The van der Waals surface area contributed by atoms with Crippen LogP contribution in [0, 0.1) is 11.8 Å². The predicted molar refractivity (Wildman–Crippen MR) is 184 cm³/mol. The monoisotopic (exact) mass is 740 g/mol. The first kappa shape index (κ1) is 36.3. The Morgan fingerprint density at radius 3 is 2.46 bits per heavy atom. The maximum absolute atomic E-state index is 16.1. The molecule has 0 bridgehead atoms. The van der Waals surface area contributed by atoms with Crippen molar-refractivity contribution in [2.75, 3.05) is 25.1 Å². The van der Waals surface area contributed by atoms with Crippen LogP contribution in [-0.2, 0) is 34.4 Å². The molecule has 0 radical (unpaired) electrons. The molecule has 1 atom stereocenters. The summed E-state index contributed by atoms with van der Waals surface area (Å²) in [7, 11) is -2.04. The Morgan fingerprint density at radius 1 is 1.02 bits per heavy atom. The molecule has 16 heteroatoms. The van der Waals surface area contributed by atoms with Gasteiger partial charge in [0.05, 0.1) is 39.4 Å². The number of methoxy groups -OCH3 is 2. The number of sulfonamides is 1. The summed E-state index contributed by atoms with van der Waals surface area (Å²) in [6, 6.07) is 14.7. The molecule has 0 N–H and O–H groups in total. The zero-order valence-electron chi connectivity index (χ0n) is 28.9. The lowest BCUT2D eigenvalue weighted by molar-refractivity contribution is 0.0158. The molecule has 12 nitrogen and oxygen atoms in total. The summed E-state index contributed by atoms with van der Waals surface area (Å²) in [5.41, 5.74) is 0.398. The number of oxazole rings is 1. The number of halogens is 3. The molecule has 3 heterocycles. The number of aromatic nitrogens is 2. The van der Waals surface area contributed by atoms with Gasteiger partial charge in [-0.15, -0.1) is 0 Å². The largest absolute Gasteiger partial charge is 0.497 e. The van der Waals surface area contributed by atoms with Crippen LogP contribution in [0.15, 0.2) is 80.8 Å². The van der Waals surface area contributed by atoms with Crippen molar-refractivity contribution in [1.82, 2.24) is 14.5 Å². The molecule has 274 valence electrons. The van der Waals surface area contributed by atoms with E-state index in [1.165, 1.54) is 37.3 Å². The van der Waals surface area contributed by atoms with Gasteiger partial charge in [-0.2, -0.15) is 4.39 Å². The van der Waals surface area contributed by atoms with Crippen molar-refractivity contribution < 1.29 is 45.0 Å². The molecule has 6 rings (SSSR count). The Kier molecular flexibility index (Phi) is 9.70. The number of nitrogens with zero attached hydrogens (tertiary/aromatic N) is 4. The summed E-state index contributed by atoms with van der Waals surface area (Å²) in [5.74, 6) is -2.83. The summed E-state index contributed by atoms with van der Waals surface area (Å²) in [6.07, 6.45) is -2.24. The summed E-state index contributed by atoms with van der Waals surface area (Å²) in [5, 5.41) is 0. The van der Waals surface area contributed by atoms with E-state index in [1.807, 2.05) is 0 Å². The Labute approximate surface area is 297 Å². The van der Waals surface area contributed by atoms with Crippen LogP contribution in [0.5, 0.6) is 11.5 Å². The Bertz CT molecular complexity index is 2340. The first-order chi connectivity index (χ1) is 24.6. The molecular weight excluding hydrogens is 705 g/mol. The zero-order chi connectivity index (χ0) is 37.5. The Balaban J connectivity index is 1.38. The molecule has 1 aliphatic heterocycles. The highest BCUT2D eigenvalue weighted by Crippen LogP contribution is 2.35. The van der Waals surface area contributed by atoms with E-state index in [0.29, 0.717) is 32.3 Å². The van der Waals surface area contributed by atoms with E-state index in [1.54, 1.807) is 51.1 Å². The number of rotatable bonds is 9. The van der Waals surface area contributed by atoms with E-state index in [9.17, 15) is 22.4 Å². The van der Waals surface area contributed by atoms with Crippen LogP contribution in [0.1, 0.15) is 49.2 Å². The molecule has 0 fully saturated rings. The second-order valence-electron chi connectivity index (χ2n) is 13.0. The van der Waals surface area contributed by atoms with Crippen LogP contribution >= 0.6 is 0 Å². The number of fused-ring (bicyclic) bond motifs is 2. The molecule has 0 aliphatic carbocycles. The molecule has 0 spiro atoms. The van der Waals surface area contributed by atoms with Crippen molar-refractivity contribution in [3.63, 3.8) is 0 Å². The van der Waals surface area contributed by atoms with Gasteiger partial charge in [0.25, 0.3) is 10.0 Å². The van der Waals surface area contributed by atoms with Gasteiger partial charge in [-0.25, -0.2) is 36.1 Å². The van der Waals surface area contributed by atoms with E-state index >= 15 is 8.78 Å². The van der Waals surface area contributed by atoms with E-state index in [0.717, 1.165) is 22.8 Å². The lowest BCUT2D eigenvalue weighted by Gasteiger charge is -2.34. The number of alkyl halides is 1. The highest BCUT2D eigenvalue weighted by atomic mass is 32.2. The molecule has 1 amide bonds. The highest BCUT2D eigenvalue weighted by molar-refractivity contribution is 7.92. The van der Waals surface area contributed by atoms with Crippen LogP contribution in [0.3, 0.4) is 0 Å². The van der Waals surface area contributed by atoms with Crippen LogP contribution in [-0.4, -0.2) is 55.3 Å². The topological polar surface area (TPSA) is 133 Å². The number of anilines is 1. The van der Waals surface area contributed by atoms with E-state index in [4.69, 9.17) is 18.6 Å². The molecule has 1 unspecified atom stereocenters. The van der Waals surface area contributed by atoms with Gasteiger partial charge in [0.15, 0.2) is 5.58 Å². The lowest BCUT2D eigenvalue weighted by atomic mass is 9.93. The minimum absolute atomic E-state index is 0.00887. The maximum atomic E-state index is 16.1. The number of amides is 1. The molecule has 52 heavy (non-hydrogen) atoms. The van der Waals surface area contributed by atoms with Gasteiger partial charge < -0.3 is 23.5 Å². The molecule has 0 saturated heterocycles. The number of hydrogen-bond donors (Lipinski definition) is 0. The highest BCUT2D eigenvalue weighted by Gasteiger charge is 2.34.